The van der Waals surface area contributed by atoms with E-state index in [1.54, 1.807) is 31.2 Å². The largest absolute Gasteiger partial charge is 0.479 e. The standard InChI is InChI=1S/C20H18O5/c1-12-4-6-14(7-5-12)10-18-19(21)16-9-8-15(11-17(16)25-18)24-13(2)20(22)23-3/h4-11,13H,1-3H3/b18-10-/t13-/m0/s1. The van der Waals surface area contributed by atoms with Crippen LogP contribution in [-0.2, 0) is 9.53 Å². The SMILES string of the molecule is COC(=O)[C@H](C)Oc1ccc2c(c1)O/C(=C\c1ccc(C)cc1)C2=O. The van der Waals surface area contributed by atoms with Crippen LogP contribution in [-0.4, -0.2) is 25.0 Å². The van der Waals surface area contributed by atoms with Gasteiger partial charge in [0.2, 0.25) is 5.78 Å². The van der Waals surface area contributed by atoms with Gasteiger partial charge in [-0.15, -0.1) is 0 Å². The summed E-state index contributed by atoms with van der Waals surface area (Å²) < 4.78 is 15.8. The Kier molecular flexibility index (Phi) is 4.57. The van der Waals surface area contributed by atoms with Gasteiger partial charge in [-0.05, 0) is 37.6 Å². The molecule has 1 heterocycles. The van der Waals surface area contributed by atoms with Crippen molar-refractivity contribution in [1.29, 1.82) is 0 Å². The fraction of sp³-hybridized carbons (Fsp3) is 0.200. The number of hydrogen-bond donors (Lipinski definition) is 0. The predicted molar refractivity (Wildman–Crippen MR) is 92.7 cm³/mol. The number of fused-ring (bicyclic) bond motifs is 1. The molecule has 2 aromatic carbocycles. The minimum Gasteiger partial charge on any atom is -0.479 e. The zero-order valence-corrected chi connectivity index (χ0v) is 14.2. The Morgan fingerprint density at radius 3 is 2.56 bits per heavy atom. The molecular weight excluding hydrogens is 320 g/mol. The molecular formula is C20H18O5. The van der Waals surface area contributed by atoms with Gasteiger partial charge in [-0.1, -0.05) is 29.8 Å². The molecule has 0 aliphatic carbocycles. The number of esters is 1. The molecule has 0 unspecified atom stereocenters. The highest BCUT2D eigenvalue weighted by Crippen LogP contribution is 2.35. The van der Waals surface area contributed by atoms with E-state index in [0.717, 1.165) is 11.1 Å². The molecule has 0 spiro atoms. The quantitative estimate of drug-likeness (QED) is 0.630. The smallest absolute Gasteiger partial charge is 0.346 e. The molecule has 128 valence electrons. The lowest BCUT2D eigenvalue weighted by atomic mass is 10.1. The van der Waals surface area contributed by atoms with Gasteiger partial charge in [-0.2, -0.15) is 0 Å². The number of hydrogen-bond acceptors (Lipinski definition) is 5. The molecule has 0 bridgehead atoms. The maximum absolute atomic E-state index is 12.4. The van der Waals surface area contributed by atoms with Gasteiger partial charge in [0.15, 0.2) is 11.9 Å². The molecule has 2 aromatic rings. The normalized spacial score (nSPS) is 15.5. The highest BCUT2D eigenvalue weighted by atomic mass is 16.6. The molecule has 1 aliphatic heterocycles. The summed E-state index contributed by atoms with van der Waals surface area (Å²) in [5.41, 5.74) is 2.50. The van der Waals surface area contributed by atoms with Gasteiger partial charge in [0.1, 0.15) is 11.5 Å². The Morgan fingerprint density at radius 1 is 1.16 bits per heavy atom. The number of benzene rings is 2. The van der Waals surface area contributed by atoms with E-state index in [2.05, 4.69) is 4.74 Å². The fourth-order valence-electron chi connectivity index (χ4n) is 2.47. The molecule has 0 fully saturated rings. The van der Waals surface area contributed by atoms with Gasteiger partial charge in [0.05, 0.1) is 12.7 Å². The summed E-state index contributed by atoms with van der Waals surface area (Å²) in [7, 11) is 1.30. The average molecular weight is 338 g/mol. The Bertz CT molecular complexity index is 849. The Hall–Kier alpha value is -3.08. The van der Waals surface area contributed by atoms with E-state index in [-0.39, 0.29) is 11.5 Å². The van der Waals surface area contributed by atoms with Crippen molar-refractivity contribution in [2.75, 3.05) is 7.11 Å². The van der Waals surface area contributed by atoms with Crippen LogP contribution < -0.4 is 9.47 Å². The van der Waals surface area contributed by atoms with E-state index in [1.165, 1.54) is 7.11 Å². The number of rotatable bonds is 4. The minimum atomic E-state index is -0.747. The summed E-state index contributed by atoms with van der Waals surface area (Å²) >= 11 is 0. The fourth-order valence-corrected chi connectivity index (χ4v) is 2.47. The number of carbonyl (C=O) groups excluding carboxylic acids is 2. The van der Waals surface area contributed by atoms with Crippen LogP contribution in [0.5, 0.6) is 11.5 Å². The lowest BCUT2D eigenvalue weighted by Crippen LogP contribution is -2.24. The highest BCUT2D eigenvalue weighted by Gasteiger charge is 2.28. The third-order valence-corrected chi connectivity index (χ3v) is 3.86. The van der Waals surface area contributed by atoms with Gasteiger partial charge in [-0.25, -0.2) is 4.79 Å². The number of carbonyl (C=O) groups is 2. The summed E-state index contributed by atoms with van der Waals surface area (Å²) in [6.07, 6.45) is 0.960. The number of Topliss-reactive ketones (excluding diaryl/α,β-unsaturated/α-hetero) is 1. The lowest BCUT2D eigenvalue weighted by molar-refractivity contribution is -0.147. The van der Waals surface area contributed by atoms with E-state index in [1.807, 2.05) is 31.2 Å². The Balaban J connectivity index is 1.81. The van der Waals surface area contributed by atoms with Crippen LogP contribution in [0.1, 0.15) is 28.4 Å². The van der Waals surface area contributed by atoms with Crippen LogP contribution in [0.15, 0.2) is 48.2 Å². The van der Waals surface area contributed by atoms with E-state index in [4.69, 9.17) is 9.47 Å². The maximum Gasteiger partial charge on any atom is 0.346 e. The molecule has 25 heavy (non-hydrogen) atoms. The zero-order chi connectivity index (χ0) is 18.0. The lowest BCUT2D eigenvalue weighted by Gasteiger charge is -2.12. The van der Waals surface area contributed by atoms with Crippen LogP contribution in [0.25, 0.3) is 6.08 Å². The van der Waals surface area contributed by atoms with Gasteiger partial charge in [-0.3, -0.25) is 4.79 Å². The summed E-state index contributed by atoms with van der Waals surface area (Å²) in [6, 6.07) is 12.7. The minimum absolute atomic E-state index is 0.178. The second-order valence-corrected chi connectivity index (χ2v) is 5.79. The van der Waals surface area contributed by atoms with Crippen molar-refractivity contribution in [3.8, 4) is 11.5 Å². The first-order valence-electron chi connectivity index (χ1n) is 7.87. The maximum atomic E-state index is 12.4. The van der Waals surface area contributed by atoms with E-state index in [9.17, 15) is 9.59 Å². The van der Waals surface area contributed by atoms with Crippen LogP contribution in [0, 0.1) is 6.92 Å². The molecule has 0 amide bonds. The number of allylic oxidation sites excluding steroid dienone is 1. The number of methoxy groups -OCH3 is 1. The van der Waals surface area contributed by atoms with E-state index >= 15 is 0 Å². The van der Waals surface area contributed by atoms with Gasteiger partial charge < -0.3 is 14.2 Å². The third kappa shape index (κ3) is 3.55. The van der Waals surface area contributed by atoms with Crippen molar-refractivity contribution in [2.24, 2.45) is 0 Å². The number of ketones is 1. The van der Waals surface area contributed by atoms with Gasteiger partial charge >= 0.3 is 5.97 Å². The van der Waals surface area contributed by atoms with Crippen molar-refractivity contribution in [2.45, 2.75) is 20.0 Å². The Labute approximate surface area is 145 Å². The van der Waals surface area contributed by atoms with Crippen LogP contribution >= 0.6 is 0 Å². The van der Waals surface area contributed by atoms with Crippen molar-refractivity contribution in [3.63, 3.8) is 0 Å². The van der Waals surface area contributed by atoms with Crippen LogP contribution in [0.3, 0.4) is 0 Å². The molecule has 0 saturated heterocycles. The van der Waals surface area contributed by atoms with Gasteiger partial charge in [0, 0.05) is 6.07 Å². The molecule has 0 aromatic heterocycles. The zero-order valence-electron chi connectivity index (χ0n) is 14.2. The van der Waals surface area contributed by atoms with Crippen molar-refractivity contribution < 1.29 is 23.8 Å². The molecule has 0 radical (unpaired) electrons. The van der Waals surface area contributed by atoms with Crippen molar-refractivity contribution in [3.05, 3.63) is 64.9 Å². The molecule has 0 N–H and O–H groups in total. The van der Waals surface area contributed by atoms with Gasteiger partial charge in [0.25, 0.3) is 0 Å². The summed E-state index contributed by atoms with van der Waals surface area (Å²) in [5.74, 6) is 0.455. The molecule has 5 nitrogen and oxygen atoms in total. The molecule has 0 saturated carbocycles. The predicted octanol–water partition coefficient (Wildman–Crippen LogP) is 3.55. The molecule has 1 atom stereocenters. The number of aryl methyl sites for hydroxylation is 1. The second-order valence-electron chi connectivity index (χ2n) is 5.79. The summed E-state index contributed by atoms with van der Waals surface area (Å²) in [5, 5.41) is 0. The first kappa shape index (κ1) is 16.8. The van der Waals surface area contributed by atoms with Crippen LogP contribution in [0.4, 0.5) is 0 Å². The molecule has 1 aliphatic rings. The first-order valence-corrected chi connectivity index (χ1v) is 7.87. The topological polar surface area (TPSA) is 61.8 Å². The third-order valence-electron chi connectivity index (χ3n) is 3.86. The summed E-state index contributed by atoms with van der Waals surface area (Å²) in [4.78, 5) is 23.9. The summed E-state index contributed by atoms with van der Waals surface area (Å²) in [6.45, 7) is 3.59. The van der Waals surface area contributed by atoms with E-state index < -0.39 is 12.1 Å². The van der Waals surface area contributed by atoms with Crippen molar-refractivity contribution >= 4 is 17.8 Å². The van der Waals surface area contributed by atoms with Crippen molar-refractivity contribution in [1.82, 2.24) is 0 Å². The van der Waals surface area contributed by atoms with E-state index in [0.29, 0.717) is 17.1 Å². The highest BCUT2D eigenvalue weighted by molar-refractivity contribution is 6.14. The number of ether oxygens (including phenoxy) is 3. The average Bonchev–Trinajstić information content (AvgIpc) is 2.91. The monoisotopic (exact) mass is 338 g/mol. The Morgan fingerprint density at radius 2 is 1.88 bits per heavy atom. The second kappa shape index (κ2) is 6.81. The molecule has 3 rings (SSSR count). The van der Waals surface area contributed by atoms with Crippen LogP contribution in [0.2, 0.25) is 0 Å². The first-order chi connectivity index (χ1) is 12.0. The molecule has 5 heteroatoms.